The number of likely N-dealkylation sites (tertiary alicyclic amines) is 1. The molecule has 96 valence electrons. The molecule has 0 amide bonds. The third-order valence-corrected chi connectivity index (χ3v) is 4.94. The Kier molecular flexibility index (Phi) is 4.20. The van der Waals surface area contributed by atoms with Gasteiger partial charge in [0.25, 0.3) is 0 Å². The number of nitrogens with two attached hydrogens (primary N) is 1. The second-order valence-electron chi connectivity index (χ2n) is 5.05. The summed E-state index contributed by atoms with van der Waals surface area (Å²) in [6, 6.07) is 2.42. The second-order valence-corrected chi connectivity index (χ2v) is 6.00. The van der Waals surface area contributed by atoms with Crippen molar-refractivity contribution in [2.24, 2.45) is 11.7 Å². The van der Waals surface area contributed by atoms with Gasteiger partial charge in [0.05, 0.1) is 12.1 Å². The van der Waals surface area contributed by atoms with E-state index in [-0.39, 0.29) is 12.1 Å². The Labute approximate surface area is 107 Å². The Morgan fingerprint density at radius 1 is 1.65 bits per heavy atom. The minimum atomic E-state index is -0.210. The van der Waals surface area contributed by atoms with Gasteiger partial charge in [0.2, 0.25) is 0 Å². The van der Waals surface area contributed by atoms with E-state index in [1.54, 1.807) is 11.3 Å². The van der Waals surface area contributed by atoms with Gasteiger partial charge >= 0.3 is 0 Å². The maximum atomic E-state index is 9.98. The number of thiophene rings is 1. The molecular weight excluding hydrogens is 232 g/mol. The Hall–Kier alpha value is -0.420. The molecule has 0 aliphatic carbocycles. The SMILES string of the molecule is Cc1ccsc1C(CN)N1CCC(C)C(O)C1. The van der Waals surface area contributed by atoms with Crippen molar-refractivity contribution in [1.29, 1.82) is 0 Å². The number of hydrogen-bond acceptors (Lipinski definition) is 4. The van der Waals surface area contributed by atoms with Crippen LogP contribution in [0.2, 0.25) is 0 Å². The van der Waals surface area contributed by atoms with E-state index in [1.807, 2.05) is 0 Å². The number of rotatable bonds is 3. The maximum absolute atomic E-state index is 9.98. The molecule has 1 aliphatic rings. The van der Waals surface area contributed by atoms with Gasteiger partial charge in [0, 0.05) is 18.0 Å². The van der Waals surface area contributed by atoms with Crippen LogP contribution in [0.4, 0.5) is 0 Å². The van der Waals surface area contributed by atoms with E-state index in [4.69, 9.17) is 5.73 Å². The zero-order valence-corrected chi connectivity index (χ0v) is 11.4. The van der Waals surface area contributed by atoms with Crippen LogP contribution in [-0.2, 0) is 0 Å². The molecular formula is C13H22N2OS. The number of piperidine rings is 1. The van der Waals surface area contributed by atoms with Crippen LogP contribution in [0.25, 0.3) is 0 Å². The number of aryl methyl sites for hydroxylation is 1. The van der Waals surface area contributed by atoms with Crippen molar-refractivity contribution < 1.29 is 5.11 Å². The van der Waals surface area contributed by atoms with Crippen LogP contribution in [0.15, 0.2) is 11.4 Å². The van der Waals surface area contributed by atoms with Crippen LogP contribution in [0, 0.1) is 12.8 Å². The first kappa shape index (κ1) is 13.0. The fourth-order valence-electron chi connectivity index (χ4n) is 2.50. The molecule has 1 aliphatic heterocycles. The molecule has 0 spiro atoms. The summed E-state index contributed by atoms with van der Waals surface area (Å²) < 4.78 is 0. The van der Waals surface area contributed by atoms with E-state index >= 15 is 0 Å². The third-order valence-electron chi connectivity index (χ3n) is 3.82. The highest BCUT2D eigenvalue weighted by molar-refractivity contribution is 7.10. The van der Waals surface area contributed by atoms with Gasteiger partial charge in [-0.25, -0.2) is 0 Å². The molecule has 1 aromatic rings. The van der Waals surface area contributed by atoms with E-state index in [9.17, 15) is 5.11 Å². The van der Waals surface area contributed by atoms with E-state index < -0.39 is 0 Å². The minimum Gasteiger partial charge on any atom is -0.392 e. The van der Waals surface area contributed by atoms with Crippen LogP contribution in [0.1, 0.15) is 29.8 Å². The van der Waals surface area contributed by atoms with E-state index in [2.05, 4.69) is 30.2 Å². The summed E-state index contributed by atoms with van der Waals surface area (Å²) in [7, 11) is 0. The van der Waals surface area contributed by atoms with Crippen LogP contribution < -0.4 is 5.73 Å². The molecule has 0 saturated carbocycles. The lowest BCUT2D eigenvalue weighted by atomic mass is 9.94. The van der Waals surface area contributed by atoms with Crippen molar-refractivity contribution in [2.75, 3.05) is 19.6 Å². The molecule has 0 aromatic carbocycles. The lowest BCUT2D eigenvalue weighted by Crippen LogP contribution is -2.46. The standard InChI is InChI=1S/C13H22N2OS/c1-9-3-5-15(8-12(9)16)11(7-14)13-10(2)4-6-17-13/h4,6,9,11-12,16H,3,5,7-8,14H2,1-2H3. The normalized spacial score (nSPS) is 28.2. The highest BCUT2D eigenvalue weighted by atomic mass is 32.1. The predicted octanol–water partition coefficient (Wildman–Crippen LogP) is 1.76. The molecule has 0 bridgehead atoms. The number of aliphatic hydroxyl groups is 1. The van der Waals surface area contributed by atoms with Crippen LogP contribution >= 0.6 is 11.3 Å². The number of nitrogens with zero attached hydrogens (tertiary/aromatic N) is 1. The van der Waals surface area contributed by atoms with E-state index in [0.717, 1.165) is 19.5 Å². The van der Waals surface area contributed by atoms with Crippen LogP contribution in [0.5, 0.6) is 0 Å². The molecule has 3 atom stereocenters. The van der Waals surface area contributed by atoms with Gasteiger partial charge in [-0.3, -0.25) is 4.90 Å². The molecule has 3 nitrogen and oxygen atoms in total. The van der Waals surface area contributed by atoms with Gasteiger partial charge in [-0.2, -0.15) is 0 Å². The topological polar surface area (TPSA) is 49.5 Å². The number of β-amino-alcohol motifs (C(OH)–C–C–N with tert-alkyl or cyclic N) is 1. The quantitative estimate of drug-likeness (QED) is 0.864. The Bertz CT molecular complexity index is 366. The molecule has 3 unspecified atom stereocenters. The maximum Gasteiger partial charge on any atom is 0.0693 e. The van der Waals surface area contributed by atoms with Crippen LogP contribution in [-0.4, -0.2) is 35.7 Å². The Balaban J connectivity index is 2.12. The van der Waals surface area contributed by atoms with Crippen molar-refractivity contribution in [3.8, 4) is 0 Å². The largest absolute Gasteiger partial charge is 0.392 e. The monoisotopic (exact) mass is 254 g/mol. The third kappa shape index (κ3) is 2.71. The van der Waals surface area contributed by atoms with Gasteiger partial charge in [-0.15, -0.1) is 11.3 Å². The van der Waals surface area contributed by atoms with Crippen LogP contribution in [0.3, 0.4) is 0 Å². The zero-order valence-electron chi connectivity index (χ0n) is 10.6. The molecule has 1 fully saturated rings. The smallest absolute Gasteiger partial charge is 0.0693 e. The van der Waals surface area contributed by atoms with Crippen molar-refractivity contribution in [1.82, 2.24) is 4.90 Å². The van der Waals surface area contributed by atoms with Crippen molar-refractivity contribution in [3.63, 3.8) is 0 Å². The first-order chi connectivity index (χ1) is 8.13. The fraction of sp³-hybridized carbons (Fsp3) is 0.692. The summed E-state index contributed by atoms with van der Waals surface area (Å²) in [5.74, 6) is 0.411. The first-order valence-electron chi connectivity index (χ1n) is 6.29. The predicted molar refractivity (Wildman–Crippen MR) is 72.2 cm³/mol. The van der Waals surface area contributed by atoms with Gasteiger partial charge in [-0.05, 0) is 42.8 Å². The Morgan fingerprint density at radius 3 is 2.94 bits per heavy atom. The van der Waals surface area contributed by atoms with Gasteiger partial charge < -0.3 is 10.8 Å². The molecule has 2 heterocycles. The van der Waals surface area contributed by atoms with Gasteiger partial charge in [0.15, 0.2) is 0 Å². The second kappa shape index (κ2) is 5.48. The fourth-order valence-corrected chi connectivity index (χ4v) is 3.58. The minimum absolute atomic E-state index is 0.210. The number of hydrogen-bond donors (Lipinski definition) is 2. The zero-order chi connectivity index (χ0) is 12.4. The average Bonchev–Trinajstić information content (AvgIpc) is 2.71. The molecule has 0 radical (unpaired) electrons. The highest BCUT2D eigenvalue weighted by Crippen LogP contribution is 2.31. The van der Waals surface area contributed by atoms with Crippen molar-refractivity contribution in [3.05, 3.63) is 21.9 Å². The molecule has 4 heteroatoms. The molecule has 1 aromatic heterocycles. The molecule has 3 N–H and O–H groups in total. The summed E-state index contributed by atoms with van der Waals surface area (Å²) in [4.78, 5) is 3.69. The van der Waals surface area contributed by atoms with Crippen molar-refractivity contribution >= 4 is 11.3 Å². The lowest BCUT2D eigenvalue weighted by Gasteiger charge is -2.38. The van der Waals surface area contributed by atoms with E-state index in [0.29, 0.717) is 12.5 Å². The molecule has 17 heavy (non-hydrogen) atoms. The summed E-state index contributed by atoms with van der Waals surface area (Å²) >= 11 is 1.77. The van der Waals surface area contributed by atoms with Crippen molar-refractivity contribution in [2.45, 2.75) is 32.4 Å². The van der Waals surface area contributed by atoms with Gasteiger partial charge in [0.1, 0.15) is 0 Å². The summed E-state index contributed by atoms with van der Waals surface area (Å²) in [6.45, 7) is 6.67. The molecule has 1 saturated heterocycles. The molecule has 2 rings (SSSR count). The summed E-state index contributed by atoms with van der Waals surface area (Å²) in [6.07, 6.45) is 0.848. The summed E-state index contributed by atoms with van der Waals surface area (Å²) in [5, 5.41) is 12.1. The summed E-state index contributed by atoms with van der Waals surface area (Å²) in [5.41, 5.74) is 7.25. The lowest BCUT2D eigenvalue weighted by molar-refractivity contribution is 0.0116. The highest BCUT2D eigenvalue weighted by Gasteiger charge is 2.30. The number of aliphatic hydroxyl groups excluding tert-OH is 1. The average molecular weight is 254 g/mol. The Morgan fingerprint density at radius 2 is 2.41 bits per heavy atom. The van der Waals surface area contributed by atoms with Gasteiger partial charge in [-0.1, -0.05) is 6.92 Å². The first-order valence-corrected chi connectivity index (χ1v) is 7.17. The van der Waals surface area contributed by atoms with E-state index in [1.165, 1.54) is 10.4 Å².